The number of hydrogen-bond acceptors (Lipinski definition) is 8. The molecule has 0 aliphatic heterocycles. The van der Waals surface area contributed by atoms with E-state index < -0.39 is 17.9 Å². The van der Waals surface area contributed by atoms with Gasteiger partial charge in [0.25, 0.3) is 0 Å². The van der Waals surface area contributed by atoms with Crippen molar-refractivity contribution in [2.24, 2.45) is 0 Å². The average Bonchev–Trinajstić information content (AvgIpc) is 2.95. The lowest BCUT2D eigenvalue weighted by atomic mass is 10.3. The molecule has 1 N–H and O–H groups in total. The monoisotopic (exact) mass is 327 g/mol. The van der Waals surface area contributed by atoms with Crippen molar-refractivity contribution in [3.05, 3.63) is 28.1 Å². The molecule has 0 aliphatic rings. The summed E-state index contributed by atoms with van der Waals surface area (Å²) in [5.41, 5.74) is 0.133. The van der Waals surface area contributed by atoms with E-state index in [2.05, 4.69) is 10.1 Å². The smallest absolute Gasteiger partial charge is 0.350 e. The Morgan fingerprint density at radius 3 is 2.27 bits per heavy atom. The van der Waals surface area contributed by atoms with Gasteiger partial charge in [0.15, 0.2) is 5.57 Å². The first-order valence-electron chi connectivity index (χ1n) is 6.51. The second-order valence-electron chi connectivity index (χ2n) is 3.80. The van der Waals surface area contributed by atoms with Crippen molar-refractivity contribution in [1.29, 1.82) is 0 Å². The fourth-order valence-electron chi connectivity index (χ4n) is 1.44. The molecule has 0 aromatic carbocycles. The molecule has 0 saturated heterocycles. The molecule has 0 atom stereocenters. The van der Waals surface area contributed by atoms with E-state index in [9.17, 15) is 14.4 Å². The van der Waals surface area contributed by atoms with Gasteiger partial charge in [-0.2, -0.15) is 0 Å². The maximum absolute atomic E-state index is 11.8. The van der Waals surface area contributed by atoms with Crippen LogP contribution in [0.4, 0.5) is 5.69 Å². The van der Waals surface area contributed by atoms with E-state index in [1.54, 1.807) is 25.3 Å². The maximum atomic E-state index is 11.8. The summed E-state index contributed by atoms with van der Waals surface area (Å²) in [7, 11) is 1.27. The molecule has 0 amide bonds. The topological polar surface area (TPSA) is 90.9 Å². The van der Waals surface area contributed by atoms with E-state index in [4.69, 9.17) is 9.47 Å². The molecular weight excluding hydrogens is 310 g/mol. The standard InChI is InChI=1S/C14H17NO6S/c1-4-20-12(16)9(13(17)21-5-2)8-15-10-6-7-22-11(10)14(18)19-3/h6-8,15H,4-5H2,1-3H3. The van der Waals surface area contributed by atoms with E-state index in [-0.39, 0.29) is 18.8 Å². The van der Waals surface area contributed by atoms with Crippen LogP contribution >= 0.6 is 11.3 Å². The number of anilines is 1. The van der Waals surface area contributed by atoms with Crippen molar-refractivity contribution in [3.8, 4) is 0 Å². The zero-order valence-corrected chi connectivity index (χ0v) is 13.3. The van der Waals surface area contributed by atoms with Crippen LogP contribution in [0.5, 0.6) is 0 Å². The summed E-state index contributed by atoms with van der Waals surface area (Å²) in [5.74, 6) is -2.12. The van der Waals surface area contributed by atoms with Gasteiger partial charge in [-0.15, -0.1) is 11.3 Å². The van der Waals surface area contributed by atoms with Crippen LogP contribution in [-0.4, -0.2) is 38.2 Å². The summed E-state index contributed by atoms with van der Waals surface area (Å²) in [5, 5.41) is 4.41. The summed E-state index contributed by atoms with van der Waals surface area (Å²) >= 11 is 1.17. The number of carbonyl (C=O) groups excluding carboxylic acids is 3. The lowest BCUT2D eigenvalue weighted by Gasteiger charge is -2.07. The van der Waals surface area contributed by atoms with Crippen molar-refractivity contribution in [3.63, 3.8) is 0 Å². The second kappa shape index (κ2) is 8.83. The molecule has 1 heterocycles. The molecule has 0 unspecified atom stereocenters. The first-order valence-corrected chi connectivity index (χ1v) is 7.39. The molecule has 1 aromatic heterocycles. The van der Waals surface area contributed by atoms with E-state index in [0.717, 1.165) is 6.20 Å². The number of nitrogens with one attached hydrogen (secondary N) is 1. The molecule has 1 rings (SSSR count). The summed E-state index contributed by atoms with van der Waals surface area (Å²) in [6, 6.07) is 1.63. The Hall–Kier alpha value is -2.35. The molecule has 0 bridgehead atoms. The quantitative estimate of drug-likeness (QED) is 0.269. The molecule has 0 saturated carbocycles. The third-order valence-electron chi connectivity index (χ3n) is 2.40. The predicted molar refractivity (Wildman–Crippen MR) is 80.6 cm³/mol. The van der Waals surface area contributed by atoms with Gasteiger partial charge in [0, 0.05) is 6.20 Å². The number of carbonyl (C=O) groups is 3. The number of rotatable bonds is 7. The Labute approximate surface area is 131 Å². The average molecular weight is 327 g/mol. The fourth-order valence-corrected chi connectivity index (χ4v) is 2.22. The third-order valence-corrected chi connectivity index (χ3v) is 3.29. The molecule has 0 fully saturated rings. The normalized spacial score (nSPS) is 9.59. The van der Waals surface area contributed by atoms with Crippen LogP contribution in [-0.2, 0) is 23.8 Å². The SMILES string of the molecule is CCOC(=O)C(=CNc1ccsc1C(=O)OC)C(=O)OCC. The summed E-state index contributed by atoms with van der Waals surface area (Å²) in [6.45, 7) is 3.51. The lowest BCUT2D eigenvalue weighted by Crippen LogP contribution is -2.19. The molecule has 22 heavy (non-hydrogen) atoms. The minimum atomic E-state index is -0.803. The highest BCUT2D eigenvalue weighted by molar-refractivity contribution is 7.12. The molecule has 0 spiro atoms. The first-order chi connectivity index (χ1) is 10.5. The number of esters is 3. The number of thiophene rings is 1. The predicted octanol–water partition coefficient (Wildman–Crippen LogP) is 1.96. The number of hydrogen-bond donors (Lipinski definition) is 1. The zero-order valence-electron chi connectivity index (χ0n) is 12.5. The van der Waals surface area contributed by atoms with Gasteiger partial charge >= 0.3 is 17.9 Å². The highest BCUT2D eigenvalue weighted by Crippen LogP contribution is 2.23. The highest BCUT2D eigenvalue weighted by Gasteiger charge is 2.21. The van der Waals surface area contributed by atoms with E-state index in [0.29, 0.717) is 10.6 Å². The Bertz CT molecular complexity index is 558. The molecule has 7 nitrogen and oxygen atoms in total. The van der Waals surface area contributed by atoms with E-state index >= 15 is 0 Å². The Kier molecular flexibility index (Phi) is 7.11. The van der Waals surface area contributed by atoms with Gasteiger partial charge < -0.3 is 19.5 Å². The van der Waals surface area contributed by atoms with Crippen LogP contribution in [0.1, 0.15) is 23.5 Å². The zero-order chi connectivity index (χ0) is 16.5. The van der Waals surface area contributed by atoms with Gasteiger partial charge in [0.05, 0.1) is 26.0 Å². The van der Waals surface area contributed by atoms with Crippen molar-refractivity contribution >= 4 is 34.9 Å². The van der Waals surface area contributed by atoms with Crippen LogP contribution in [0.15, 0.2) is 23.2 Å². The maximum Gasteiger partial charge on any atom is 0.350 e. The van der Waals surface area contributed by atoms with Gasteiger partial charge in [0.2, 0.25) is 0 Å². The Morgan fingerprint density at radius 1 is 1.18 bits per heavy atom. The van der Waals surface area contributed by atoms with Gasteiger partial charge in [-0.25, -0.2) is 14.4 Å². The summed E-state index contributed by atoms with van der Waals surface area (Å²) in [6.07, 6.45) is 1.16. The highest BCUT2D eigenvalue weighted by atomic mass is 32.1. The van der Waals surface area contributed by atoms with Crippen molar-refractivity contribution in [1.82, 2.24) is 0 Å². The minimum absolute atomic E-state index is 0.126. The van der Waals surface area contributed by atoms with Crippen LogP contribution in [0.25, 0.3) is 0 Å². The van der Waals surface area contributed by atoms with E-state index in [1.807, 2.05) is 0 Å². The fraction of sp³-hybridized carbons (Fsp3) is 0.357. The molecule has 0 radical (unpaired) electrons. The van der Waals surface area contributed by atoms with Gasteiger partial charge in [0.1, 0.15) is 4.88 Å². The summed E-state index contributed by atoms with van der Waals surface area (Å²) < 4.78 is 14.2. The first kappa shape index (κ1) is 17.7. The van der Waals surface area contributed by atoms with Crippen molar-refractivity contribution in [2.45, 2.75) is 13.8 Å². The molecular formula is C14H17NO6S. The minimum Gasteiger partial charge on any atom is -0.465 e. The Balaban J connectivity index is 2.98. The largest absolute Gasteiger partial charge is 0.465 e. The van der Waals surface area contributed by atoms with Crippen LogP contribution in [0.3, 0.4) is 0 Å². The third kappa shape index (κ3) is 4.59. The van der Waals surface area contributed by atoms with Crippen molar-refractivity contribution < 1.29 is 28.6 Å². The molecule has 1 aromatic rings. The molecule has 0 aliphatic carbocycles. The number of ether oxygens (including phenoxy) is 3. The Morgan fingerprint density at radius 2 is 1.77 bits per heavy atom. The molecule has 120 valence electrons. The summed E-state index contributed by atoms with van der Waals surface area (Å²) in [4.78, 5) is 35.4. The van der Waals surface area contributed by atoms with Gasteiger partial charge in [-0.1, -0.05) is 0 Å². The van der Waals surface area contributed by atoms with Crippen LogP contribution in [0, 0.1) is 0 Å². The van der Waals surface area contributed by atoms with E-state index in [1.165, 1.54) is 18.4 Å². The molecule has 8 heteroatoms. The number of methoxy groups -OCH3 is 1. The van der Waals surface area contributed by atoms with Gasteiger partial charge in [-0.05, 0) is 25.3 Å². The van der Waals surface area contributed by atoms with Crippen LogP contribution < -0.4 is 5.32 Å². The van der Waals surface area contributed by atoms with Crippen LogP contribution in [0.2, 0.25) is 0 Å². The second-order valence-corrected chi connectivity index (χ2v) is 4.71. The lowest BCUT2D eigenvalue weighted by molar-refractivity contribution is -0.146. The van der Waals surface area contributed by atoms with Gasteiger partial charge in [-0.3, -0.25) is 0 Å². The van der Waals surface area contributed by atoms with Crippen molar-refractivity contribution in [2.75, 3.05) is 25.6 Å².